The highest BCUT2D eigenvalue weighted by atomic mass is 16.5. The predicted octanol–water partition coefficient (Wildman–Crippen LogP) is 3.64. The van der Waals surface area contributed by atoms with Crippen LogP contribution in [-0.2, 0) is 10.3 Å². The number of benzene rings is 2. The van der Waals surface area contributed by atoms with Crippen LogP contribution in [0.1, 0.15) is 18.4 Å². The van der Waals surface area contributed by atoms with Gasteiger partial charge in [-0.15, -0.1) is 0 Å². The van der Waals surface area contributed by atoms with Crippen molar-refractivity contribution in [1.82, 2.24) is 5.32 Å². The van der Waals surface area contributed by atoms with E-state index in [1.165, 1.54) is 0 Å². The smallest absolute Gasteiger partial charge is 0.405 e. The number of ether oxygens (including phenoxy) is 2. The summed E-state index contributed by atoms with van der Waals surface area (Å²) in [5.74, 6) is 0.815. The van der Waals surface area contributed by atoms with Gasteiger partial charge in [-0.1, -0.05) is 36.4 Å². The minimum atomic E-state index is -0.972. The molecule has 0 aliphatic heterocycles. The van der Waals surface area contributed by atoms with Gasteiger partial charge in [0.05, 0.1) is 12.1 Å². The Balaban J connectivity index is 1.68. The minimum Gasteiger partial charge on any atom is -0.491 e. The van der Waals surface area contributed by atoms with Crippen molar-refractivity contribution in [2.24, 2.45) is 0 Å². The van der Waals surface area contributed by atoms with E-state index in [1.807, 2.05) is 48.5 Å². The lowest BCUT2D eigenvalue weighted by atomic mass is 9.99. The molecule has 1 amide bonds. The molecule has 5 heteroatoms. The van der Waals surface area contributed by atoms with Crippen molar-refractivity contribution in [1.29, 1.82) is 0 Å². The summed E-state index contributed by atoms with van der Waals surface area (Å²) in [6.07, 6.45) is 0.735. The van der Waals surface area contributed by atoms with Gasteiger partial charge in [-0.3, -0.25) is 0 Å². The van der Waals surface area contributed by atoms with E-state index in [9.17, 15) is 4.79 Å². The van der Waals surface area contributed by atoms with E-state index < -0.39 is 6.09 Å². The molecule has 0 unspecified atom stereocenters. The Labute approximate surface area is 141 Å². The van der Waals surface area contributed by atoms with E-state index in [2.05, 4.69) is 5.32 Å². The second-order valence-electron chi connectivity index (χ2n) is 5.96. The summed E-state index contributed by atoms with van der Waals surface area (Å²) in [7, 11) is 1.65. The molecule has 2 aromatic rings. The number of nitrogens with one attached hydrogen (secondary N) is 1. The van der Waals surface area contributed by atoms with Crippen molar-refractivity contribution >= 4 is 6.09 Å². The van der Waals surface area contributed by atoms with Gasteiger partial charge in [-0.2, -0.15) is 0 Å². The van der Waals surface area contributed by atoms with Crippen LogP contribution in [0.5, 0.6) is 5.75 Å². The number of hydrogen-bond donors (Lipinski definition) is 2. The molecule has 0 saturated heterocycles. The average Bonchev–Trinajstić information content (AvgIpc) is 3.36. The predicted molar refractivity (Wildman–Crippen MR) is 91.3 cm³/mol. The zero-order valence-electron chi connectivity index (χ0n) is 13.6. The Bertz CT molecular complexity index is 690. The standard InChI is InChI=1S/C19H21NO4/c1-23-12-13-24-17-8-4-15(5-9-17)14-2-6-16(7-3-14)19(10-11-19)20-18(21)22/h2-9,20H,10-13H2,1H3,(H,21,22). The molecule has 2 N–H and O–H groups in total. The normalized spacial score (nSPS) is 14.9. The molecule has 1 aliphatic carbocycles. The minimum absolute atomic E-state index is 0.386. The topological polar surface area (TPSA) is 67.8 Å². The molecular formula is C19H21NO4. The van der Waals surface area contributed by atoms with Gasteiger partial charge in [0.15, 0.2) is 0 Å². The van der Waals surface area contributed by atoms with Gasteiger partial charge < -0.3 is 19.9 Å². The van der Waals surface area contributed by atoms with E-state index in [0.29, 0.717) is 13.2 Å². The molecule has 0 spiro atoms. The molecule has 1 saturated carbocycles. The third kappa shape index (κ3) is 3.68. The highest BCUT2D eigenvalue weighted by Crippen LogP contribution is 2.45. The summed E-state index contributed by atoms with van der Waals surface area (Å²) in [6, 6.07) is 16.0. The summed E-state index contributed by atoms with van der Waals surface area (Å²) < 4.78 is 10.5. The van der Waals surface area contributed by atoms with Gasteiger partial charge in [0.2, 0.25) is 0 Å². The van der Waals surface area contributed by atoms with Crippen LogP contribution in [0.2, 0.25) is 0 Å². The molecular weight excluding hydrogens is 306 g/mol. The molecule has 5 nitrogen and oxygen atoms in total. The van der Waals surface area contributed by atoms with Gasteiger partial charge in [0, 0.05) is 7.11 Å². The van der Waals surface area contributed by atoms with E-state index in [4.69, 9.17) is 14.6 Å². The third-order valence-corrected chi connectivity index (χ3v) is 4.28. The molecule has 2 aromatic carbocycles. The van der Waals surface area contributed by atoms with Crippen LogP contribution in [0.15, 0.2) is 48.5 Å². The van der Waals surface area contributed by atoms with Crippen molar-refractivity contribution in [3.05, 3.63) is 54.1 Å². The van der Waals surface area contributed by atoms with Crippen LogP contribution in [0.25, 0.3) is 11.1 Å². The molecule has 0 radical (unpaired) electrons. The Kier molecular flexibility index (Phi) is 4.71. The second kappa shape index (κ2) is 6.93. The number of carboxylic acid groups (broad SMARTS) is 1. The number of hydrogen-bond acceptors (Lipinski definition) is 3. The lowest BCUT2D eigenvalue weighted by Gasteiger charge is -2.16. The molecule has 0 bridgehead atoms. The number of amides is 1. The van der Waals surface area contributed by atoms with Crippen molar-refractivity contribution in [3.63, 3.8) is 0 Å². The highest BCUT2D eigenvalue weighted by Gasteiger charge is 2.45. The Morgan fingerprint density at radius 3 is 2.12 bits per heavy atom. The zero-order valence-corrected chi connectivity index (χ0v) is 13.6. The maximum atomic E-state index is 10.9. The maximum absolute atomic E-state index is 10.9. The van der Waals surface area contributed by atoms with Crippen LogP contribution in [-0.4, -0.2) is 31.5 Å². The Hall–Kier alpha value is -2.53. The largest absolute Gasteiger partial charge is 0.491 e. The second-order valence-corrected chi connectivity index (χ2v) is 5.96. The summed E-state index contributed by atoms with van der Waals surface area (Å²) in [6.45, 7) is 1.10. The first-order valence-corrected chi connectivity index (χ1v) is 7.97. The molecule has 0 atom stereocenters. The molecule has 0 heterocycles. The van der Waals surface area contributed by atoms with E-state index in [1.54, 1.807) is 7.11 Å². The molecule has 3 rings (SSSR count). The Morgan fingerprint density at radius 1 is 1.04 bits per heavy atom. The van der Waals surface area contributed by atoms with Gasteiger partial charge in [-0.05, 0) is 41.7 Å². The van der Waals surface area contributed by atoms with Crippen LogP contribution in [0.4, 0.5) is 4.79 Å². The summed E-state index contributed by atoms with van der Waals surface area (Å²) >= 11 is 0. The first-order chi connectivity index (χ1) is 11.6. The third-order valence-electron chi connectivity index (χ3n) is 4.28. The van der Waals surface area contributed by atoms with Crippen LogP contribution < -0.4 is 10.1 Å². The van der Waals surface area contributed by atoms with Gasteiger partial charge in [0.25, 0.3) is 0 Å². The SMILES string of the molecule is COCCOc1ccc(-c2ccc(C3(NC(=O)O)CC3)cc2)cc1. The van der Waals surface area contributed by atoms with Gasteiger partial charge >= 0.3 is 6.09 Å². The number of methoxy groups -OCH3 is 1. The van der Waals surface area contributed by atoms with E-state index in [-0.39, 0.29) is 5.54 Å². The fourth-order valence-electron chi connectivity index (χ4n) is 2.78. The quantitative estimate of drug-likeness (QED) is 0.762. The molecule has 1 aliphatic rings. The first-order valence-electron chi connectivity index (χ1n) is 7.97. The zero-order chi connectivity index (χ0) is 17.0. The Morgan fingerprint density at radius 2 is 1.62 bits per heavy atom. The fraction of sp³-hybridized carbons (Fsp3) is 0.316. The van der Waals surface area contributed by atoms with Crippen molar-refractivity contribution < 1.29 is 19.4 Å². The van der Waals surface area contributed by atoms with Gasteiger partial charge in [0.1, 0.15) is 12.4 Å². The van der Waals surface area contributed by atoms with Crippen molar-refractivity contribution in [2.45, 2.75) is 18.4 Å². The van der Waals surface area contributed by atoms with Crippen molar-refractivity contribution in [3.8, 4) is 16.9 Å². The van der Waals surface area contributed by atoms with E-state index >= 15 is 0 Å². The number of carbonyl (C=O) groups is 1. The van der Waals surface area contributed by atoms with Gasteiger partial charge in [-0.25, -0.2) is 4.79 Å². The molecule has 24 heavy (non-hydrogen) atoms. The fourth-order valence-corrected chi connectivity index (χ4v) is 2.78. The van der Waals surface area contributed by atoms with Crippen LogP contribution in [0, 0.1) is 0 Å². The first kappa shape index (κ1) is 16.3. The molecule has 0 aromatic heterocycles. The summed E-state index contributed by atoms with van der Waals surface area (Å²) in [4.78, 5) is 10.9. The number of rotatable bonds is 7. The van der Waals surface area contributed by atoms with E-state index in [0.717, 1.165) is 35.3 Å². The van der Waals surface area contributed by atoms with Crippen molar-refractivity contribution in [2.75, 3.05) is 20.3 Å². The van der Waals surface area contributed by atoms with Crippen LogP contribution >= 0.6 is 0 Å². The summed E-state index contributed by atoms with van der Waals surface area (Å²) in [5.41, 5.74) is 2.82. The molecule has 1 fully saturated rings. The summed E-state index contributed by atoms with van der Waals surface area (Å²) in [5, 5.41) is 11.6. The average molecular weight is 327 g/mol. The maximum Gasteiger partial charge on any atom is 0.405 e. The molecule has 126 valence electrons. The highest BCUT2D eigenvalue weighted by molar-refractivity contribution is 5.68. The lowest BCUT2D eigenvalue weighted by molar-refractivity contribution is 0.146. The monoisotopic (exact) mass is 327 g/mol. The van der Waals surface area contributed by atoms with Crippen LogP contribution in [0.3, 0.4) is 0 Å². The lowest BCUT2D eigenvalue weighted by Crippen LogP contribution is -2.33.